The van der Waals surface area contributed by atoms with Gasteiger partial charge < -0.3 is 5.32 Å². The van der Waals surface area contributed by atoms with Gasteiger partial charge in [0.05, 0.1) is 39.9 Å². The van der Waals surface area contributed by atoms with Gasteiger partial charge in [0.15, 0.2) is 15.5 Å². The van der Waals surface area contributed by atoms with Crippen LogP contribution in [-0.4, -0.2) is 40.6 Å². The Morgan fingerprint density at radius 2 is 1.86 bits per heavy atom. The molecule has 3 heterocycles. The molecule has 35 heavy (non-hydrogen) atoms. The van der Waals surface area contributed by atoms with Crippen LogP contribution < -0.4 is 5.32 Å². The van der Waals surface area contributed by atoms with E-state index in [4.69, 9.17) is 4.98 Å². The molecule has 1 amide bonds. The van der Waals surface area contributed by atoms with Gasteiger partial charge in [0.1, 0.15) is 0 Å². The van der Waals surface area contributed by atoms with Crippen molar-refractivity contribution in [3.63, 3.8) is 0 Å². The van der Waals surface area contributed by atoms with Crippen LogP contribution in [0.25, 0.3) is 22.3 Å². The minimum Gasteiger partial charge on any atom is -0.322 e. The number of nitrogens with one attached hydrogen (secondary N) is 1. The molecule has 7 nitrogen and oxygen atoms in total. The molecule has 1 aliphatic heterocycles. The molecule has 1 fully saturated rings. The predicted molar refractivity (Wildman–Crippen MR) is 139 cm³/mol. The molecule has 2 aromatic heterocycles. The second kappa shape index (κ2) is 8.92. The molecule has 0 radical (unpaired) electrons. The van der Waals surface area contributed by atoms with Crippen molar-refractivity contribution in [2.45, 2.75) is 39.7 Å². The van der Waals surface area contributed by atoms with Crippen molar-refractivity contribution in [2.75, 3.05) is 16.8 Å². The van der Waals surface area contributed by atoms with Crippen molar-refractivity contribution in [3.05, 3.63) is 77.0 Å². The summed E-state index contributed by atoms with van der Waals surface area (Å²) in [7, 11) is -3.11. The lowest BCUT2D eigenvalue weighted by molar-refractivity contribution is 0.102. The lowest BCUT2D eigenvalue weighted by atomic mass is 10.0. The number of aromatic nitrogens is 3. The molecular weight excluding hydrogens is 460 g/mol. The van der Waals surface area contributed by atoms with E-state index in [-0.39, 0.29) is 23.5 Å². The van der Waals surface area contributed by atoms with E-state index in [1.807, 2.05) is 50.2 Å². The van der Waals surface area contributed by atoms with E-state index < -0.39 is 9.84 Å². The minimum atomic E-state index is -3.11. The summed E-state index contributed by atoms with van der Waals surface area (Å²) in [6.45, 7) is 5.89. The highest BCUT2D eigenvalue weighted by molar-refractivity contribution is 7.91. The van der Waals surface area contributed by atoms with Crippen LogP contribution in [0.5, 0.6) is 0 Å². The molecule has 180 valence electrons. The average Bonchev–Trinajstić information content (AvgIpc) is 3.38. The smallest absolute Gasteiger partial charge is 0.256 e. The predicted octanol–water partition coefficient (Wildman–Crippen LogP) is 4.89. The van der Waals surface area contributed by atoms with Gasteiger partial charge in [0.2, 0.25) is 0 Å². The summed E-state index contributed by atoms with van der Waals surface area (Å²) < 4.78 is 26.1. The monoisotopic (exact) mass is 488 g/mol. The van der Waals surface area contributed by atoms with E-state index in [1.54, 1.807) is 10.7 Å². The van der Waals surface area contributed by atoms with Crippen LogP contribution in [0.4, 0.5) is 5.69 Å². The zero-order valence-electron chi connectivity index (χ0n) is 20.1. The molecule has 1 atom stereocenters. The van der Waals surface area contributed by atoms with E-state index in [1.165, 1.54) is 5.56 Å². The summed E-state index contributed by atoms with van der Waals surface area (Å²) in [4.78, 5) is 18.5. The number of hydrogen-bond acceptors (Lipinski definition) is 5. The number of carbonyl (C=O) groups is 1. The molecule has 1 N–H and O–H groups in total. The van der Waals surface area contributed by atoms with E-state index in [0.717, 1.165) is 23.2 Å². The van der Waals surface area contributed by atoms with Crippen molar-refractivity contribution in [2.24, 2.45) is 0 Å². The van der Waals surface area contributed by atoms with Crippen molar-refractivity contribution in [1.82, 2.24) is 14.8 Å². The Kier molecular flexibility index (Phi) is 5.92. The largest absolute Gasteiger partial charge is 0.322 e. The molecule has 2 aromatic carbocycles. The zero-order chi connectivity index (χ0) is 24.7. The van der Waals surface area contributed by atoms with Gasteiger partial charge >= 0.3 is 0 Å². The average molecular weight is 489 g/mol. The lowest BCUT2D eigenvalue weighted by Crippen LogP contribution is -2.15. The Balaban J connectivity index is 1.68. The first-order valence-electron chi connectivity index (χ1n) is 11.8. The van der Waals surface area contributed by atoms with E-state index in [0.29, 0.717) is 34.4 Å². The lowest BCUT2D eigenvalue weighted by Gasteiger charge is -2.13. The van der Waals surface area contributed by atoms with Gasteiger partial charge in [-0.2, -0.15) is 5.10 Å². The first-order valence-corrected chi connectivity index (χ1v) is 13.6. The van der Waals surface area contributed by atoms with E-state index in [2.05, 4.69) is 29.5 Å². The second-order valence-corrected chi connectivity index (χ2v) is 11.4. The molecule has 0 spiro atoms. The molecule has 0 bridgehead atoms. The number of hydrogen-bond donors (Lipinski definition) is 1. The summed E-state index contributed by atoms with van der Waals surface area (Å²) in [5.74, 6) is -0.0816. The molecule has 5 rings (SSSR count). The van der Waals surface area contributed by atoms with Crippen LogP contribution in [0.1, 0.15) is 46.6 Å². The van der Waals surface area contributed by atoms with Gasteiger partial charge in [-0.3, -0.25) is 4.79 Å². The van der Waals surface area contributed by atoms with Crippen LogP contribution in [0.2, 0.25) is 0 Å². The number of para-hydroxylation sites is 1. The summed E-state index contributed by atoms with van der Waals surface area (Å²) >= 11 is 0. The third-order valence-electron chi connectivity index (χ3n) is 6.69. The summed E-state index contributed by atoms with van der Waals surface area (Å²) in [6.07, 6.45) is 1.42. The van der Waals surface area contributed by atoms with Gasteiger partial charge in [0, 0.05) is 11.3 Å². The Morgan fingerprint density at radius 3 is 2.51 bits per heavy atom. The Hall–Kier alpha value is -3.52. The number of benzene rings is 2. The van der Waals surface area contributed by atoms with Crippen molar-refractivity contribution >= 4 is 32.5 Å². The number of carbonyl (C=O) groups excluding carboxylic acids is 1. The number of amides is 1. The Labute approximate surface area is 205 Å². The standard InChI is InChI=1S/C27H28N4O3S/c1-4-19-9-11-20(12-10-19)24-15-22(27(32)29-23-8-6-5-7-17(23)2)25-18(3)30-31(26(25)28-24)21-13-14-35(33,34)16-21/h5-12,15,21H,4,13-14,16H2,1-3H3,(H,29,32). The first kappa shape index (κ1) is 23.2. The number of aryl methyl sites for hydroxylation is 3. The van der Waals surface area contributed by atoms with Gasteiger partial charge in [-0.15, -0.1) is 0 Å². The van der Waals surface area contributed by atoms with Gasteiger partial charge in [0.25, 0.3) is 5.91 Å². The highest BCUT2D eigenvalue weighted by Gasteiger charge is 2.32. The molecule has 1 aliphatic rings. The molecule has 8 heteroatoms. The third kappa shape index (κ3) is 4.46. The summed E-state index contributed by atoms with van der Waals surface area (Å²) in [6, 6.07) is 17.3. The minimum absolute atomic E-state index is 0.0328. The van der Waals surface area contributed by atoms with Crippen molar-refractivity contribution in [1.29, 1.82) is 0 Å². The van der Waals surface area contributed by atoms with Gasteiger partial charge in [-0.25, -0.2) is 18.1 Å². The number of nitrogens with zero attached hydrogens (tertiary/aromatic N) is 3. The van der Waals surface area contributed by atoms with Gasteiger partial charge in [-0.05, 0) is 49.9 Å². The number of fused-ring (bicyclic) bond motifs is 1. The fourth-order valence-electron chi connectivity index (χ4n) is 4.68. The first-order chi connectivity index (χ1) is 16.8. The van der Waals surface area contributed by atoms with Crippen LogP contribution >= 0.6 is 0 Å². The maximum absolute atomic E-state index is 13.6. The highest BCUT2D eigenvalue weighted by Crippen LogP contribution is 2.32. The van der Waals surface area contributed by atoms with Crippen molar-refractivity contribution < 1.29 is 13.2 Å². The van der Waals surface area contributed by atoms with E-state index >= 15 is 0 Å². The van der Waals surface area contributed by atoms with Gasteiger partial charge in [-0.1, -0.05) is 49.4 Å². The normalized spacial score (nSPS) is 17.1. The highest BCUT2D eigenvalue weighted by atomic mass is 32.2. The third-order valence-corrected chi connectivity index (χ3v) is 8.44. The van der Waals surface area contributed by atoms with E-state index in [9.17, 15) is 13.2 Å². The van der Waals surface area contributed by atoms with Crippen LogP contribution in [0, 0.1) is 13.8 Å². The topological polar surface area (TPSA) is 94.0 Å². The van der Waals surface area contributed by atoms with Crippen LogP contribution in [0.15, 0.2) is 54.6 Å². The zero-order valence-corrected chi connectivity index (χ0v) is 20.9. The number of anilines is 1. The molecule has 0 saturated carbocycles. The number of pyridine rings is 1. The number of sulfone groups is 1. The van der Waals surface area contributed by atoms with Crippen LogP contribution in [0.3, 0.4) is 0 Å². The maximum atomic E-state index is 13.6. The Morgan fingerprint density at radius 1 is 1.11 bits per heavy atom. The Bertz CT molecular complexity index is 1540. The molecule has 1 saturated heterocycles. The second-order valence-electron chi connectivity index (χ2n) is 9.16. The fraction of sp³-hybridized carbons (Fsp3) is 0.296. The fourth-order valence-corrected chi connectivity index (χ4v) is 6.37. The SMILES string of the molecule is CCc1ccc(-c2cc(C(=O)Nc3ccccc3C)c3c(C)nn(C4CCS(=O)(=O)C4)c3n2)cc1. The quantitative estimate of drug-likeness (QED) is 0.432. The molecule has 4 aromatic rings. The van der Waals surface area contributed by atoms with Crippen molar-refractivity contribution in [3.8, 4) is 11.3 Å². The van der Waals surface area contributed by atoms with Crippen LogP contribution in [-0.2, 0) is 16.3 Å². The molecular formula is C27H28N4O3S. The molecule has 0 aliphatic carbocycles. The summed E-state index contributed by atoms with van der Waals surface area (Å²) in [5.41, 5.74) is 6.11. The maximum Gasteiger partial charge on any atom is 0.256 e. The summed E-state index contributed by atoms with van der Waals surface area (Å²) in [5, 5.41) is 8.36. The molecule has 1 unspecified atom stereocenters. The number of rotatable bonds is 5.